The minimum atomic E-state index is -0.979. The SMILES string of the molecule is CCc1c(C(=O)O)ccc(OC)c1C1=NC(c2ccc(Cl)cc2)C(c2ccc(Cl)cc2)N1. The summed E-state index contributed by atoms with van der Waals surface area (Å²) in [6, 6.07) is 18.0. The van der Waals surface area contributed by atoms with Crippen molar-refractivity contribution in [3.63, 3.8) is 0 Å². The van der Waals surface area contributed by atoms with Gasteiger partial charge in [-0.15, -0.1) is 0 Å². The minimum absolute atomic E-state index is 0.175. The van der Waals surface area contributed by atoms with Crippen molar-refractivity contribution in [2.24, 2.45) is 4.99 Å². The number of ether oxygens (including phenoxy) is 1. The number of aromatic carboxylic acids is 1. The molecule has 0 amide bonds. The lowest BCUT2D eigenvalue weighted by molar-refractivity contribution is 0.0695. The number of nitrogens with one attached hydrogen (secondary N) is 1. The number of aliphatic imine (C=N–C) groups is 1. The Morgan fingerprint density at radius 3 is 2.12 bits per heavy atom. The van der Waals surface area contributed by atoms with Gasteiger partial charge in [0.1, 0.15) is 17.6 Å². The van der Waals surface area contributed by atoms with Gasteiger partial charge in [0.25, 0.3) is 0 Å². The van der Waals surface area contributed by atoms with Gasteiger partial charge in [-0.1, -0.05) is 54.4 Å². The molecule has 164 valence electrons. The minimum Gasteiger partial charge on any atom is -0.496 e. The summed E-state index contributed by atoms with van der Waals surface area (Å²) in [6.07, 6.45) is 0.520. The molecule has 32 heavy (non-hydrogen) atoms. The third kappa shape index (κ3) is 4.18. The molecule has 0 bridgehead atoms. The van der Waals surface area contributed by atoms with Crippen LogP contribution >= 0.6 is 23.2 Å². The Bertz CT molecular complexity index is 1180. The fraction of sp³-hybridized carbons (Fsp3) is 0.200. The first-order chi connectivity index (χ1) is 15.4. The van der Waals surface area contributed by atoms with Crippen LogP contribution in [0.5, 0.6) is 5.75 Å². The van der Waals surface area contributed by atoms with Crippen LogP contribution in [0.25, 0.3) is 0 Å². The smallest absolute Gasteiger partial charge is 0.335 e. The van der Waals surface area contributed by atoms with Crippen LogP contribution in [0.2, 0.25) is 10.0 Å². The monoisotopic (exact) mass is 468 g/mol. The summed E-state index contributed by atoms with van der Waals surface area (Å²) in [6.45, 7) is 1.92. The third-order valence-electron chi connectivity index (χ3n) is 5.63. The number of hydrogen-bond donors (Lipinski definition) is 2. The maximum atomic E-state index is 11.9. The molecule has 0 saturated heterocycles. The molecule has 3 aromatic rings. The number of methoxy groups -OCH3 is 1. The van der Waals surface area contributed by atoms with Crippen molar-refractivity contribution >= 4 is 35.0 Å². The molecule has 4 rings (SSSR count). The van der Waals surface area contributed by atoms with Gasteiger partial charge in [-0.25, -0.2) is 4.79 Å². The fourth-order valence-corrected chi connectivity index (χ4v) is 4.35. The second kappa shape index (κ2) is 9.23. The third-order valence-corrected chi connectivity index (χ3v) is 6.14. The molecule has 0 aliphatic carbocycles. The second-order valence-corrected chi connectivity index (χ2v) is 8.35. The topological polar surface area (TPSA) is 70.9 Å². The van der Waals surface area contributed by atoms with Crippen LogP contribution in [0.1, 0.15) is 51.6 Å². The molecule has 3 aromatic carbocycles. The molecule has 7 heteroatoms. The summed E-state index contributed by atoms with van der Waals surface area (Å²) in [7, 11) is 1.57. The number of carboxylic acid groups (broad SMARTS) is 1. The Morgan fingerprint density at radius 2 is 1.59 bits per heavy atom. The fourth-order valence-electron chi connectivity index (χ4n) is 4.10. The molecular weight excluding hydrogens is 447 g/mol. The zero-order valence-electron chi connectivity index (χ0n) is 17.6. The molecule has 0 radical (unpaired) electrons. The normalized spacial score (nSPS) is 17.6. The number of benzene rings is 3. The molecule has 5 nitrogen and oxygen atoms in total. The molecule has 2 atom stereocenters. The van der Waals surface area contributed by atoms with E-state index in [1.807, 2.05) is 55.5 Å². The standard InChI is InChI=1S/C25H22Cl2N2O3/c1-3-18-19(25(30)31)12-13-20(32-2)21(18)24-28-22(14-4-8-16(26)9-5-14)23(29-24)15-6-10-17(27)11-7-15/h4-13,22-23H,3H2,1-2H3,(H,28,29)(H,30,31). The van der Waals surface area contributed by atoms with Gasteiger partial charge in [0.05, 0.1) is 24.3 Å². The van der Waals surface area contributed by atoms with Gasteiger partial charge in [0.2, 0.25) is 0 Å². The first-order valence-electron chi connectivity index (χ1n) is 10.2. The van der Waals surface area contributed by atoms with E-state index in [0.29, 0.717) is 39.2 Å². The van der Waals surface area contributed by atoms with E-state index in [4.69, 9.17) is 32.9 Å². The van der Waals surface area contributed by atoms with Gasteiger partial charge in [0, 0.05) is 10.0 Å². The van der Waals surface area contributed by atoms with Crippen LogP contribution in [-0.4, -0.2) is 24.0 Å². The van der Waals surface area contributed by atoms with Crippen molar-refractivity contribution in [3.8, 4) is 5.75 Å². The summed E-state index contributed by atoms with van der Waals surface area (Å²) in [4.78, 5) is 16.9. The predicted molar refractivity (Wildman–Crippen MR) is 127 cm³/mol. The highest BCUT2D eigenvalue weighted by Crippen LogP contribution is 2.40. The van der Waals surface area contributed by atoms with Gasteiger partial charge >= 0.3 is 5.97 Å². The molecule has 2 unspecified atom stereocenters. The van der Waals surface area contributed by atoms with E-state index in [1.54, 1.807) is 19.2 Å². The Labute approximate surface area is 196 Å². The lowest BCUT2D eigenvalue weighted by Crippen LogP contribution is -2.27. The van der Waals surface area contributed by atoms with Gasteiger partial charge in [-0.05, 0) is 59.5 Å². The molecule has 1 heterocycles. The summed E-state index contributed by atoms with van der Waals surface area (Å²) in [5, 5.41) is 14.5. The Kier molecular flexibility index (Phi) is 6.40. The number of halogens is 2. The van der Waals surface area contributed by atoms with E-state index in [2.05, 4.69) is 5.32 Å². The highest BCUT2D eigenvalue weighted by atomic mass is 35.5. The zero-order chi connectivity index (χ0) is 22.8. The number of rotatable bonds is 6. The van der Waals surface area contributed by atoms with Gasteiger partial charge in [-0.3, -0.25) is 4.99 Å². The maximum absolute atomic E-state index is 11.9. The van der Waals surface area contributed by atoms with Crippen molar-refractivity contribution in [2.45, 2.75) is 25.4 Å². The van der Waals surface area contributed by atoms with Crippen LogP contribution in [0.15, 0.2) is 65.7 Å². The van der Waals surface area contributed by atoms with E-state index in [9.17, 15) is 9.90 Å². The lowest BCUT2D eigenvalue weighted by atomic mass is 9.94. The molecule has 1 aliphatic heterocycles. The van der Waals surface area contributed by atoms with Crippen LogP contribution in [-0.2, 0) is 6.42 Å². The number of nitrogens with zero attached hydrogens (tertiary/aromatic N) is 1. The van der Waals surface area contributed by atoms with Gasteiger partial charge < -0.3 is 15.2 Å². The van der Waals surface area contributed by atoms with E-state index in [-0.39, 0.29) is 17.6 Å². The van der Waals surface area contributed by atoms with Crippen LogP contribution < -0.4 is 10.1 Å². The first-order valence-corrected chi connectivity index (χ1v) is 11.0. The summed E-state index contributed by atoms with van der Waals surface area (Å²) in [5.41, 5.74) is 3.59. The average molecular weight is 469 g/mol. The van der Waals surface area contributed by atoms with Crippen LogP contribution in [0.3, 0.4) is 0 Å². The van der Waals surface area contributed by atoms with Crippen LogP contribution in [0.4, 0.5) is 0 Å². The number of amidine groups is 1. The molecule has 0 saturated carbocycles. The Hall–Kier alpha value is -3.02. The molecular formula is C25H22Cl2N2O3. The second-order valence-electron chi connectivity index (χ2n) is 7.48. The Morgan fingerprint density at radius 1 is 1.00 bits per heavy atom. The van der Waals surface area contributed by atoms with Gasteiger partial charge in [-0.2, -0.15) is 0 Å². The van der Waals surface area contributed by atoms with E-state index >= 15 is 0 Å². The zero-order valence-corrected chi connectivity index (χ0v) is 19.1. The Balaban J connectivity index is 1.87. The van der Waals surface area contributed by atoms with E-state index < -0.39 is 5.97 Å². The predicted octanol–water partition coefficient (Wildman–Crippen LogP) is 6.10. The highest BCUT2D eigenvalue weighted by Gasteiger charge is 2.34. The summed E-state index contributed by atoms with van der Waals surface area (Å²) >= 11 is 12.2. The lowest BCUT2D eigenvalue weighted by Gasteiger charge is -2.21. The number of hydrogen-bond acceptors (Lipinski definition) is 4. The van der Waals surface area contributed by atoms with E-state index in [0.717, 1.165) is 11.1 Å². The van der Waals surface area contributed by atoms with Crippen molar-refractivity contribution in [1.29, 1.82) is 0 Å². The largest absolute Gasteiger partial charge is 0.496 e. The van der Waals surface area contributed by atoms with Crippen molar-refractivity contribution in [1.82, 2.24) is 5.32 Å². The van der Waals surface area contributed by atoms with Crippen molar-refractivity contribution < 1.29 is 14.6 Å². The van der Waals surface area contributed by atoms with E-state index in [1.165, 1.54) is 0 Å². The molecule has 0 fully saturated rings. The summed E-state index contributed by atoms with van der Waals surface area (Å²) < 4.78 is 5.60. The highest BCUT2D eigenvalue weighted by molar-refractivity contribution is 6.30. The molecule has 1 aliphatic rings. The van der Waals surface area contributed by atoms with Crippen molar-refractivity contribution in [3.05, 3.63) is 98.5 Å². The van der Waals surface area contributed by atoms with Crippen molar-refractivity contribution in [2.75, 3.05) is 7.11 Å². The summed E-state index contributed by atoms with van der Waals surface area (Å²) in [5.74, 6) is 0.194. The first kappa shape index (κ1) is 22.2. The maximum Gasteiger partial charge on any atom is 0.335 e. The number of carboxylic acids is 1. The average Bonchev–Trinajstić information content (AvgIpc) is 3.23. The van der Waals surface area contributed by atoms with Crippen LogP contribution in [0, 0.1) is 0 Å². The quantitative estimate of drug-likeness (QED) is 0.458. The number of carbonyl (C=O) groups is 1. The molecule has 0 aromatic heterocycles. The molecule has 0 spiro atoms. The van der Waals surface area contributed by atoms with Gasteiger partial charge in [0.15, 0.2) is 0 Å². The molecule has 2 N–H and O–H groups in total.